The van der Waals surface area contributed by atoms with Gasteiger partial charge in [0.1, 0.15) is 0 Å². The zero-order chi connectivity index (χ0) is 11.3. The summed E-state index contributed by atoms with van der Waals surface area (Å²) in [6.07, 6.45) is 4.82. The highest BCUT2D eigenvalue weighted by atomic mass is 15.2. The highest BCUT2D eigenvalue weighted by molar-refractivity contribution is 5.38. The van der Waals surface area contributed by atoms with Crippen molar-refractivity contribution in [3.8, 4) is 0 Å². The van der Waals surface area contributed by atoms with Crippen molar-refractivity contribution in [1.82, 2.24) is 14.6 Å². The number of imidazole rings is 1. The first-order valence-corrected chi connectivity index (χ1v) is 5.61. The van der Waals surface area contributed by atoms with Crippen LogP contribution in [-0.2, 0) is 0 Å². The maximum absolute atomic E-state index is 4.29. The van der Waals surface area contributed by atoms with Crippen LogP contribution in [0, 0.1) is 0 Å². The van der Waals surface area contributed by atoms with Crippen LogP contribution in [-0.4, -0.2) is 14.6 Å². The summed E-state index contributed by atoms with van der Waals surface area (Å²) < 4.78 is 1.91. The van der Waals surface area contributed by atoms with E-state index >= 15 is 0 Å². The van der Waals surface area contributed by atoms with Gasteiger partial charge in [0.05, 0.1) is 11.9 Å². The Bertz CT molecular complexity index is 406. The fourth-order valence-electron chi connectivity index (χ4n) is 1.39. The summed E-state index contributed by atoms with van der Waals surface area (Å²) in [5, 5.41) is 4.26. The Kier molecular flexibility index (Phi) is 4.28. The Morgan fingerprint density at radius 3 is 2.80 bits per heavy atom. The number of rotatable bonds is 2. The predicted molar refractivity (Wildman–Crippen MR) is 63.0 cm³/mol. The standard InChI is InChI=1S/C10H13N3.C2H6/c1-3-8(2)9-7-11-10-5-4-6-12-13(9)10;1-2/h4-8H,3H2,1-2H3;1-2H3. The molecule has 2 aromatic heterocycles. The van der Waals surface area contributed by atoms with E-state index in [0.29, 0.717) is 5.92 Å². The summed E-state index contributed by atoms with van der Waals surface area (Å²) in [5.74, 6) is 0.518. The van der Waals surface area contributed by atoms with Crippen molar-refractivity contribution in [1.29, 1.82) is 0 Å². The Morgan fingerprint density at radius 2 is 2.13 bits per heavy atom. The third-order valence-electron chi connectivity index (χ3n) is 2.42. The van der Waals surface area contributed by atoms with Crippen molar-refractivity contribution in [3.05, 3.63) is 30.2 Å². The molecule has 0 N–H and O–H groups in total. The number of fused-ring (bicyclic) bond motifs is 1. The maximum Gasteiger partial charge on any atom is 0.153 e. The van der Waals surface area contributed by atoms with E-state index in [4.69, 9.17) is 0 Å². The average Bonchev–Trinajstić information content (AvgIpc) is 2.74. The number of aromatic nitrogens is 3. The minimum atomic E-state index is 0.518. The minimum absolute atomic E-state index is 0.518. The van der Waals surface area contributed by atoms with E-state index < -0.39 is 0 Å². The molecule has 0 saturated heterocycles. The van der Waals surface area contributed by atoms with Gasteiger partial charge in [0.2, 0.25) is 0 Å². The predicted octanol–water partition coefficient (Wildman–Crippen LogP) is 3.27. The molecule has 1 atom stereocenters. The third-order valence-corrected chi connectivity index (χ3v) is 2.42. The fourth-order valence-corrected chi connectivity index (χ4v) is 1.39. The average molecular weight is 205 g/mol. The molecule has 1 unspecified atom stereocenters. The smallest absolute Gasteiger partial charge is 0.153 e. The van der Waals surface area contributed by atoms with E-state index in [-0.39, 0.29) is 0 Å². The van der Waals surface area contributed by atoms with E-state index in [0.717, 1.165) is 12.1 Å². The lowest BCUT2D eigenvalue weighted by atomic mass is 10.1. The van der Waals surface area contributed by atoms with Crippen LogP contribution in [0.15, 0.2) is 24.5 Å². The largest absolute Gasteiger partial charge is 0.235 e. The molecule has 0 fully saturated rings. The van der Waals surface area contributed by atoms with Crippen LogP contribution < -0.4 is 0 Å². The van der Waals surface area contributed by atoms with Gasteiger partial charge >= 0.3 is 0 Å². The van der Waals surface area contributed by atoms with Gasteiger partial charge in [-0.3, -0.25) is 0 Å². The van der Waals surface area contributed by atoms with Gasteiger partial charge in [-0.15, -0.1) is 0 Å². The van der Waals surface area contributed by atoms with Crippen LogP contribution in [0.3, 0.4) is 0 Å². The molecular formula is C12H19N3. The van der Waals surface area contributed by atoms with Crippen molar-refractivity contribution < 1.29 is 0 Å². The van der Waals surface area contributed by atoms with Crippen LogP contribution >= 0.6 is 0 Å². The third kappa shape index (κ3) is 2.35. The first-order valence-electron chi connectivity index (χ1n) is 5.61. The molecule has 2 rings (SSSR count). The van der Waals surface area contributed by atoms with Gasteiger partial charge in [-0.1, -0.05) is 27.7 Å². The highest BCUT2D eigenvalue weighted by Crippen LogP contribution is 2.18. The molecule has 82 valence electrons. The molecule has 0 amide bonds. The number of hydrogen-bond acceptors (Lipinski definition) is 2. The van der Waals surface area contributed by atoms with E-state index in [1.54, 1.807) is 6.20 Å². The Balaban J connectivity index is 0.000000531. The van der Waals surface area contributed by atoms with Gasteiger partial charge in [-0.2, -0.15) is 5.10 Å². The molecule has 0 aliphatic carbocycles. The maximum atomic E-state index is 4.29. The van der Waals surface area contributed by atoms with Crippen LogP contribution in [0.5, 0.6) is 0 Å². The second-order valence-corrected chi connectivity index (χ2v) is 3.29. The molecule has 15 heavy (non-hydrogen) atoms. The van der Waals surface area contributed by atoms with Crippen LogP contribution in [0.4, 0.5) is 0 Å². The zero-order valence-electron chi connectivity index (χ0n) is 9.94. The topological polar surface area (TPSA) is 30.2 Å². The fraction of sp³-hybridized carbons (Fsp3) is 0.500. The summed E-state index contributed by atoms with van der Waals surface area (Å²) in [4.78, 5) is 4.29. The Hall–Kier alpha value is -1.38. The van der Waals surface area contributed by atoms with Gasteiger partial charge in [0.15, 0.2) is 5.65 Å². The van der Waals surface area contributed by atoms with Crippen molar-refractivity contribution in [2.45, 2.75) is 40.0 Å². The van der Waals surface area contributed by atoms with Gasteiger partial charge in [-0.05, 0) is 24.5 Å². The molecule has 0 aliphatic heterocycles. The van der Waals surface area contributed by atoms with Crippen LogP contribution in [0.1, 0.15) is 45.7 Å². The quantitative estimate of drug-likeness (QED) is 0.753. The summed E-state index contributed by atoms with van der Waals surface area (Å²) in [6, 6.07) is 3.88. The van der Waals surface area contributed by atoms with Crippen molar-refractivity contribution in [2.24, 2.45) is 0 Å². The molecule has 0 spiro atoms. The van der Waals surface area contributed by atoms with Gasteiger partial charge < -0.3 is 0 Å². The second-order valence-electron chi connectivity index (χ2n) is 3.29. The van der Waals surface area contributed by atoms with Gasteiger partial charge in [0.25, 0.3) is 0 Å². The lowest BCUT2D eigenvalue weighted by Gasteiger charge is -2.05. The first-order chi connectivity index (χ1) is 7.33. The molecule has 3 nitrogen and oxygen atoms in total. The Morgan fingerprint density at radius 1 is 1.40 bits per heavy atom. The molecule has 0 saturated carbocycles. The van der Waals surface area contributed by atoms with Gasteiger partial charge in [0, 0.05) is 6.20 Å². The molecule has 2 heterocycles. The van der Waals surface area contributed by atoms with E-state index in [1.165, 1.54) is 5.69 Å². The number of hydrogen-bond donors (Lipinski definition) is 0. The molecule has 2 aromatic rings. The SMILES string of the molecule is CC.CCC(C)c1cnc2cccnn12. The second kappa shape index (κ2) is 5.49. The van der Waals surface area contributed by atoms with Crippen molar-refractivity contribution in [2.75, 3.05) is 0 Å². The summed E-state index contributed by atoms with van der Waals surface area (Å²) >= 11 is 0. The van der Waals surface area contributed by atoms with Crippen LogP contribution in [0.2, 0.25) is 0 Å². The first kappa shape index (κ1) is 11.7. The lowest BCUT2D eigenvalue weighted by Crippen LogP contribution is -1.99. The molecule has 0 radical (unpaired) electrons. The monoisotopic (exact) mass is 205 g/mol. The molecule has 0 aromatic carbocycles. The van der Waals surface area contributed by atoms with Crippen molar-refractivity contribution >= 4 is 5.65 Å². The van der Waals surface area contributed by atoms with E-state index in [2.05, 4.69) is 23.9 Å². The lowest BCUT2D eigenvalue weighted by molar-refractivity contribution is 0.677. The molecular weight excluding hydrogens is 186 g/mol. The normalized spacial score (nSPS) is 12.0. The summed E-state index contributed by atoms with van der Waals surface area (Å²) in [5.41, 5.74) is 2.12. The minimum Gasteiger partial charge on any atom is -0.235 e. The molecule has 0 aliphatic rings. The van der Waals surface area contributed by atoms with E-state index in [1.807, 2.05) is 36.7 Å². The summed E-state index contributed by atoms with van der Waals surface area (Å²) in [7, 11) is 0. The number of nitrogens with zero attached hydrogens (tertiary/aromatic N) is 3. The summed E-state index contributed by atoms with van der Waals surface area (Å²) in [6.45, 7) is 8.37. The highest BCUT2D eigenvalue weighted by Gasteiger charge is 2.09. The zero-order valence-corrected chi connectivity index (χ0v) is 9.94. The van der Waals surface area contributed by atoms with Gasteiger partial charge in [-0.25, -0.2) is 9.50 Å². The van der Waals surface area contributed by atoms with Crippen molar-refractivity contribution in [3.63, 3.8) is 0 Å². The van der Waals surface area contributed by atoms with E-state index in [9.17, 15) is 0 Å². The molecule has 3 heteroatoms. The van der Waals surface area contributed by atoms with Crippen LogP contribution in [0.25, 0.3) is 5.65 Å². The Labute approximate surface area is 91.2 Å². The molecule has 0 bridgehead atoms.